The van der Waals surface area contributed by atoms with Gasteiger partial charge in [0.05, 0.1) is 23.0 Å². The van der Waals surface area contributed by atoms with Crippen molar-refractivity contribution in [2.75, 3.05) is 0 Å². The Morgan fingerprint density at radius 1 is 1.41 bits per heavy atom. The Kier molecular flexibility index (Phi) is 2.26. The maximum atomic E-state index is 10.8. The summed E-state index contributed by atoms with van der Waals surface area (Å²) in [6.07, 6.45) is 7.99. The van der Waals surface area contributed by atoms with Crippen molar-refractivity contribution in [3.63, 3.8) is 0 Å². The topological polar surface area (TPSA) is 47.3 Å². The van der Waals surface area contributed by atoms with E-state index in [0.29, 0.717) is 0 Å². The zero-order valence-corrected chi connectivity index (χ0v) is 9.94. The van der Waals surface area contributed by atoms with Gasteiger partial charge in [0.1, 0.15) is 0 Å². The quantitative estimate of drug-likeness (QED) is 0.650. The van der Waals surface area contributed by atoms with Crippen LogP contribution < -0.4 is 0 Å². The molecule has 0 bridgehead atoms. The zero-order valence-electron chi connectivity index (χ0n) is 9.12. The molecule has 0 aliphatic carbocycles. The van der Waals surface area contributed by atoms with Gasteiger partial charge in [-0.1, -0.05) is 0 Å². The van der Waals surface area contributed by atoms with Crippen molar-refractivity contribution in [1.82, 2.24) is 14.4 Å². The van der Waals surface area contributed by atoms with E-state index in [1.165, 1.54) is 11.3 Å². The summed E-state index contributed by atoms with van der Waals surface area (Å²) in [5.41, 5.74) is 2.85. The first kappa shape index (κ1) is 10.2. The second-order valence-electron chi connectivity index (χ2n) is 3.68. The fourth-order valence-corrected chi connectivity index (χ4v) is 2.71. The van der Waals surface area contributed by atoms with Crippen molar-refractivity contribution in [3.8, 4) is 11.3 Å². The highest BCUT2D eigenvalue weighted by Crippen LogP contribution is 2.30. The molecule has 17 heavy (non-hydrogen) atoms. The number of rotatable bonds is 2. The molecule has 0 saturated heterocycles. The van der Waals surface area contributed by atoms with Gasteiger partial charge in [0.15, 0.2) is 11.9 Å². The second-order valence-corrected chi connectivity index (χ2v) is 4.97. The molecule has 84 valence electrons. The molecule has 0 N–H and O–H groups in total. The van der Waals surface area contributed by atoms with Crippen LogP contribution in [0, 0.1) is 6.92 Å². The van der Waals surface area contributed by atoms with Crippen LogP contribution in [-0.2, 0) is 0 Å². The smallest absolute Gasteiger partial charge is 0.160 e. The summed E-state index contributed by atoms with van der Waals surface area (Å²) in [6, 6.07) is 1.90. The van der Waals surface area contributed by atoms with E-state index < -0.39 is 0 Å². The fourth-order valence-electron chi connectivity index (χ4n) is 1.86. The largest absolute Gasteiger partial charge is 0.297 e. The minimum absolute atomic E-state index is 0.738. The number of aldehydes is 1. The highest BCUT2D eigenvalue weighted by molar-refractivity contribution is 7.14. The minimum atomic E-state index is 0.738. The number of hydrogen-bond donors (Lipinski definition) is 0. The first-order valence-corrected chi connectivity index (χ1v) is 5.94. The van der Waals surface area contributed by atoms with Crippen LogP contribution in [0.2, 0.25) is 0 Å². The van der Waals surface area contributed by atoms with Gasteiger partial charge in [0, 0.05) is 22.8 Å². The van der Waals surface area contributed by atoms with E-state index in [1.807, 2.05) is 23.6 Å². The molecule has 0 aromatic carbocycles. The lowest BCUT2D eigenvalue weighted by Gasteiger charge is -1.99. The zero-order chi connectivity index (χ0) is 11.8. The summed E-state index contributed by atoms with van der Waals surface area (Å²) in [6.45, 7) is 2.01. The van der Waals surface area contributed by atoms with Crippen LogP contribution in [0.1, 0.15) is 14.5 Å². The number of imidazole rings is 1. The monoisotopic (exact) mass is 243 g/mol. The van der Waals surface area contributed by atoms with Crippen LogP contribution in [-0.4, -0.2) is 20.7 Å². The molecule has 0 spiro atoms. The number of carbonyl (C=O) groups is 1. The minimum Gasteiger partial charge on any atom is -0.297 e. The Balaban J connectivity index is 2.26. The summed E-state index contributed by atoms with van der Waals surface area (Å²) in [7, 11) is 0. The molecule has 0 amide bonds. The molecule has 3 heterocycles. The van der Waals surface area contributed by atoms with E-state index in [1.54, 1.807) is 18.6 Å². The van der Waals surface area contributed by atoms with E-state index in [0.717, 1.165) is 32.9 Å². The number of hydrogen-bond acceptors (Lipinski definition) is 4. The SMILES string of the molecule is Cc1sc(C=O)cc1-c1cnc2cnccn12. The Morgan fingerprint density at radius 3 is 3.06 bits per heavy atom. The van der Waals surface area contributed by atoms with Crippen molar-refractivity contribution in [1.29, 1.82) is 0 Å². The van der Waals surface area contributed by atoms with Gasteiger partial charge >= 0.3 is 0 Å². The lowest BCUT2D eigenvalue weighted by atomic mass is 10.2. The van der Waals surface area contributed by atoms with Crippen molar-refractivity contribution in [3.05, 3.63) is 40.6 Å². The summed E-state index contributed by atoms with van der Waals surface area (Å²) in [5, 5.41) is 0. The fraction of sp³-hybridized carbons (Fsp3) is 0.0833. The number of aryl methyl sites for hydroxylation is 1. The Hall–Kier alpha value is -2.01. The Labute approximate surface area is 102 Å². The molecule has 0 saturated carbocycles. The average Bonchev–Trinajstić information content (AvgIpc) is 2.92. The van der Waals surface area contributed by atoms with Crippen LogP contribution in [0.3, 0.4) is 0 Å². The number of carbonyl (C=O) groups excluding carboxylic acids is 1. The van der Waals surface area contributed by atoms with E-state index in [4.69, 9.17) is 0 Å². The summed E-state index contributed by atoms with van der Waals surface area (Å²) < 4.78 is 1.97. The van der Waals surface area contributed by atoms with Crippen LogP contribution in [0.4, 0.5) is 0 Å². The van der Waals surface area contributed by atoms with Crippen molar-refractivity contribution >= 4 is 23.3 Å². The van der Waals surface area contributed by atoms with Gasteiger partial charge in [0.2, 0.25) is 0 Å². The number of aromatic nitrogens is 3. The predicted molar refractivity (Wildman–Crippen MR) is 66.4 cm³/mol. The van der Waals surface area contributed by atoms with Crippen molar-refractivity contribution < 1.29 is 4.79 Å². The normalized spacial score (nSPS) is 10.9. The molecule has 0 radical (unpaired) electrons. The number of fused-ring (bicyclic) bond motifs is 1. The number of nitrogens with zero attached hydrogens (tertiary/aromatic N) is 3. The predicted octanol–water partition coefficient (Wildman–Crippen LogP) is 2.58. The molecule has 0 unspecified atom stereocenters. The van der Waals surface area contributed by atoms with Gasteiger partial charge in [-0.25, -0.2) is 4.98 Å². The second kappa shape index (κ2) is 3.78. The molecular weight excluding hydrogens is 234 g/mol. The van der Waals surface area contributed by atoms with Crippen LogP contribution in [0.15, 0.2) is 30.9 Å². The lowest BCUT2D eigenvalue weighted by Crippen LogP contribution is -1.88. The maximum Gasteiger partial charge on any atom is 0.160 e. The van der Waals surface area contributed by atoms with E-state index in [-0.39, 0.29) is 0 Å². The molecule has 4 nitrogen and oxygen atoms in total. The first-order valence-electron chi connectivity index (χ1n) is 5.12. The van der Waals surface area contributed by atoms with Gasteiger partial charge in [-0.15, -0.1) is 11.3 Å². The van der Waals surface area contributed by atoms with Gasteiger partial charge < -0.3 is 0 Å². The molecule has 3 aromatic rings. The van der Waals surface area contributed by atoms with Gasteiger partial charge in [-0.05, 0) is 13.0 Å². The lowest BCUT2D eigenvalue weighted by molar-refractivity contribution is 0.112. The van der Waals surface area contributed by atoms with E-state index in [9.17, 15) is 4.79 Å². The molecule has 0 atom stereocenters. The Morgan fingerprint density at radius 2 is 2.29 bits per heavy atom. The third kappa shape index (κ3) is 1.55. The first-order chi connectivity index (χ1) is 8.29. The summed E-state index contributed by atoms with van der Waals surface area (Å²) in [4.78, 5) is 21.0. The Bertz CT molecular complexity index is 699. The van der Waals surface area contributed by atoms with E-state index in [2.05, 4.69) is 9.97 Å². The number of thiophene rings is 1. The molecular formula is C12H9N3OS. The third-order valence-electron chi connectivity index (χ3n) is 2.65. The summed E-state index contributed by atoms with van der Waals surface area (Å²) in [5.74, 6) is 0. The molecule has 3 rings (SSSR count). The molecule has 3 aromatic heterocycles. The van der Waals surface area contributed by atoms with Crippen LogP contribution >= 0.6 is 11.3 Å². The van der Waals surface area contributed by atoms with Gasteiger partial charge in [-0.3, -0.25) is 14.2 Å². The van der Waals surface area contributed by atoms with Gasteiger partial charge in [0.25, 0.3) is 0 Å². The highest BCUT2D eigenvalue weighted by Gasteiger charge is 2.11. The third-order valence-corrected chi connectivity index (χ3v) is 3.62. The highest BCUT2D eigenvalue weighted by atomic mass is 32.1. The van der Waals surface area contributed by atoms with Crippen LogP contribution in [0.25, 0.3) is 16.9 Å². The maximum absolute atomic E-state index is 10.8. The molecule has 5 heteroatoms. The molecule has 0 aliphatic rings. The molecule has 0 aliphatic heterocycles. The van der Waals surface area contributed by atoms with Gasteiger partial charge in [-0.2, -0.15) is 0 Å². The van der Waals surface area contributed by atoms with E-state index >= 15 is 0 Å². The van der Waals surface area contributed by atoms with Crippen LogP contribution in [0.5, 0.6) is 0 Å². The molecule has 0 fully saturated rings. The summed E-state index contributed by atoms with van der Waals surface area (Å²) >= 11 is 1.50. The van der Waals surface area contributed by atoms with Crippen molar-refractivity contribution in [2.24, 2.45) is 0 Å². The standard InChI is InChI=1S/C12H9N3OS/c1-8-10(4-9(7-16)17-8)11-5-14-12-6-13-2-3-15(11)12/h2-7H,1H3. The van der Waals surface area contributed by atoms with Crippen molar-refractivity contribution in [2.45, 2.75) is 6.92 Å². The average molecular weight is 243 g/mol.